The monoisotopic (exact) mass is 406 g/mol. The highest BCUT2D eigenvalue weighted by Gasteiger charge is 2.34. The average molecular weight is 406 g/mol. The van der Waals surface area contributed by atoms with Gasteiger partial charge in [-0.15, -0.1) is 11.3 Å². The molecule has 138 valence electrons. The summed E-state index contributed by atoms with van der Waals surface area (Å²) in [5, 5.41) is 4.51. The number of hydrogen-bond acceptors (Lipinski definition) is 5. The summed E-state index contributed by atoms with van der Waals surface area (Å²) >= 11 is 6.66. The maximum absolute atomic E-state index is 12.9. The van der Waals surface area contributed by atoms with Crippen LogP contribution in [0.15, 0.2) is 77.7 Å². The minimum Gasteiger partial charge on any atom is -0.457 e. The van der Waals surface area contributed by atoms with E-state index in [0.29, 0.717) is 17.2 Å². The lowest BCUT2D eigenvalue weighted by Gasteiger charge is -2.28. The topological polar surface area (TPSA) is 58.6 Å². The molecule has 1 N–H and O–H groups in total. The van der Waals surface area contributed by atoms with Gasteiger partial charge in [0, 0.05) is 4.88 Å². The van der Waals surface area contributed by atoms with Gasteiger partial charge in [-0.05, 0) is 66.1 Å². The van der Waals surface area contributed by atoms with Gasteiger partial charge >= 0.3 is 0 Å². The lowest BCUT2D eigenvalue weighted by Crippen LogP contribution is -2.54. The number of carbonyl (C=O) groups is 2. The highest BCUT2D eigenvalue weighted by atomic mass is 32.1. The van der Waals surface area contributed by atoms with E-state index in [1.54, 1.807) is 30.3 Å². The molecule has 0 unspecified atom stereocenters. The molecule has 1 aliphatic rings. The molecule has 1 aromatic heterocycles. The Kier molecular flexibility index (Phi) is 5.01. The first kappa shape index (κ1) is 18.1. The fourth-order valence-corrected chi connectivity index (χ4v) is 3.63. The summed E-state index contributed by atoms with van der Waals surface area (Å²) in [6.45, 7) is 0. The number of anilines is 1. The van der Waals surface area contributed by atoms with Crippen LogP contribution in [0.4, 0.5) is 5.69 Å². The van der Waals surface area contributed by atoms with Crippen LogP contribution in [0.3, 0.4) is 0 Å². The molecule has 0 spiro atoms. The summed E-state index contributed by atoms with van der Waals surface area (Å²) < 4.78 is 5.77. The Labute approximate surface area is 170 Å². The van der Waals surface area contributed by atoms with Crippen molar-refractivity contribution in [1.82, 2.24) is 5.32 Å². The van der Waals surface area contributed by atoms with E-state index in [1.165, 1.54) is 16.2 Å². The Morgan fingerprint density at radius 2 is 1.64 bits per heavy atom. The lowest BCUT2D eigenvalue weighted by atomic mass is 10.1. The first-order valence-corrected chi connectivity index (χ1v) is 9.68. The van der Waals surface area contributed by atoms with Crippen molar-refractivity contribution in [3.8, 4) is 11.5 Å². The molecule has 0 saturated carbocycles. The van der Waals surface area contributed by atoms with Crippen molar-refractivity contribution in [3.63, 3.8) is 0 Å². The van der Waals surface area contributed by atoms with Crippen LogP contribution in [0.5, 0.6) is 11.5 Å². The van der Waals surface area contributed by atoms with Crippen LogP contribution in [0, 0.1) is 0 Å². The number of thiophene rings is 1. The third-order valence-electron chi connectivity index (χ3n) is 4.01. The van der Waals surface area contributed by atoms with Gasteiger partial charge < -0.3 is 4.74 Å². The van der Waals surface area contributed by atoms with Gasteiger partial charge in [0.2, 0.25) is 0 Å². The smallest absolute Gasteiger partial charge is 0.270 e. The van der Waals surface area contributed by atoms with E-state index in [2.05, 4.69) is 5.32 Å². The van der Waals surface area contributed by atoms with Crippen LogP contribution in [0.1, 0.15) is 4.88 Å². The van der Waals surface area contributed by atoms with Crippen LogP contribution in [0.25, 0.3) is 6.08 Å². The molecule has 1 aliphatic heterocycles. The van der Waals surface area contributed by atoms with Gasteiger partial charge in [-0.1, -0.05) is 24.3 Å². The third kappa shape index (κ3) is 3.71. The number of carbonyl (C=O) groups excluding carboxylic acids is 2. The van der Waals surface area contributed by atoms with Gasteiger partial charge in [0.05, 0.1) is 5.69 Å². The van der Waals surface area contributed by atoms with Gasteiger partial charge in [0.15, 0.2) is 5.11 Å². The van der Waals surface area contributed by atoms with Crippen LogP contribution in [-0.2, 0) is 9.59 Å². The van der Waals surface area contributed by atoms with Crippen LogP contribution < -0.4 is 15.0 Å². The van der Waals surface area contributed by atoms with Gasteiger partial charge in [-0.25, -0.2) is 0 Å². The number of thiocarbonyl (C=S) groups is 1. The third-order valence-corrected chi connectivity index (χ3v) is 5.11. The zero-order chi connectivity index (χ0) is 19.5. The average Bonchev–Trinajstić information content (AvgIpc) is 3.20. The van der Waals surface area contributed by atoms with Gasteiger partial charge in [-0.2, -0.15) is 0 Å². The normalized spacial score (nSPS) is 15.6. The first-order valence-electron chi connectivity index (χ1n) is 8.40. The quantitative estimate of drug-likeness (QED) is 0.397. The molecule has 0 atom stereocenters. The minimum atomic E-state index is -0.497. The number of para-hydroxylation sites is 1. The fraction of sp³-hybridized carbons (Fsp3) is 0. The summed E-state index contributed by atoms with van der Waals surface area (Å²) in [6.07, 6.45) is 1.57. The summed E-state index contributed by atoms with van der Waals surface area (Å²) in [7, 11) is 0. The second-order valence-electron chi connectivity index (χ2n) is 5.88. The Hall–Kier alpha value is -3.29. The predicted octanol–water partition coefficient (Wildman–Crippen LogP) is 4.37. The number of benzene rings is 2. The van der Waals surface area contributed by atoms with Gasteiger partial charge in [-0.3, -0.25) is 19.8 Å². The number of rotatable bonds is 4. The van der Waals surface area contributed by atoms with E-state index >= 15 is 0 Å². The van der Waals surface area contributed by atoms with E-state index in [0.717, 1.165) is 4.88 Å². The highest BCUT2D eigenvalue weighted by molar-refractivity contribution is 7.80. The molecule has 7 heteroatoms. The zero-order valence-electron chi connectivity index (χ0n) is 14.5. The number of amides is 2. The maximum atomic E-state index is 12.9. The fourth-order valence-electron chi connectivity index (χ4n) is 2.70. The molecule has 28 heavy (non-hydrogen) atoms. The van der Waals surface area contributed by atoms with Crippen LogP contribution >= 0.6 is 23.6 Å². The second kappa shape index (κ2) is 7.75. The predicted molar refractivity (Wildman–Crippen MR) is 113 cm³/mol. The summed E-state index contributed by atoms with van der Waals surface area (Å²) in [4.78, 5) is 27.3. The van der Waals surface area contributed by atoms with Crippen molar-refractivity contribution in [3.05, 3.63) is 82.6 Å². The Bertz CT molecular complexity index is 1060. The number of nitrogens with one attached hydrogen (secondary N) is 1. The second-order valence-corrected chi connectivity index (χ2v) is 7.25. The van der Waals surface area contributed by atoms with E-state index in [-0.39, 0.29) is 10.7 Å². The molecular weight excluding hydrogens is 392 g/mol. The van der Waals surface area contributed by atoms with Crippen molar-refractivity contribution in [1.29, 1.82) is 0 Å². The van der Waals surface area contributed by atoms with Crippen molar-refractivity contribution >= 4 is 52.2 Å². The van der Waals surface area contributed by atoms with Crippen molar-refractivity contribution in [2.45, 2.75) is 0 Å². The van der Waals surface area contributed by atoms with E-state index in [1.807, 2.05) is 47.8 Å². The zero-order valence-corrected chi connectivity index (χ0v) is 16.1. The Morgan fingerprint density at radius 3 is 2.32 bits per heavy atom. The van der Waals surface area contributed by atoms with Crippen LogP contribution in [-0.4, -0.2) is 16.9 Å². The molecule has 1 saturated heterocycles. The van der Waals surface area contributed by atoms with Gasteiger partial charge in [0.1, 0.15) is 17.1 Å². The minimum absolute atomic E-state index is 0.0423. The lowest BCUT2D eigenvalue weighted by molar-refractivity contribution is -0.122. The molecule has 2 aromatic carbocycles. The van der Waals surface area contributed by atoms with Crippen molar-refractivity contribution in [2.24, 2.45) is 0 Å². The highest BCUT2D eigenvalue weighted by Crippen LogP contribution is 2.27. The molecular formula is C21H14N2O3S2. The van der Waals surface area contributed by atoms with E-state index in [9.17, 15) is 9.59 Å². The SMILES string of the molecule is O=C1NC(=S)N(c2ccc(Oc3ccccc3)cc2)C(=O)/C1=C/c1cccs1. The molecule has 0 aliphatic carbocycles. The maximum Gasteiger partial charge on any atom is 0.270 e. The Morgan fingerprint density at radius 1 is 0.929 bits per heavy atom. The van der Waals surface area contributed by atoms with Crippen molar-refractivity contribution in [2.75, 3.05) is 4.90 Å². The molecule has 1 fully saturated rings. The largest absolute Gasteiger partial charge is 0.457 e. The standard InChI is InChI=1S/C21H14N2O3S2/c24-19-18(13-17-7-4-12-28-17)20(25)23(21(27)22-19)14-8-10-16(11-9-14)26-15-5-2-1-3-6-15/h1-13H,(H,22,24,27)/b18-13+. The van der Waals surface area contributed by atoms with E-state index in [4.69, 9.17) is 17.0 Å². The van der Waals surface area contributed by atoms with Crippen LogP contribution in [0.2, 0.25) is 0 Å². The van der Waals surface area contributed by atoms with Crippen molar-refractivity contribution < 1.29 is 14.3 Å². The molecule has 2 heterocycles. The summed E-state index contributed by atoms with van der Waals surface area (Å²) in [5.74, 6) is 0.388. The summed E-state index contributed by atoms with van der Waals surface area (Å²) in [6, 6.07) is 20.0. The molecule has 0 radical (unpaired) electrons. The molecule has 3 aromatic rings. The molecule has 4 rings (SSSR count). The van der Waals surface area contributed by atoms with E-state index < -0.39 is 11.8 Å². The number of nitrogens with zero attached hydrogens (tertiary/aromatic N) is 1. The number of hydrogen-bond donors (Lipinski definition) is 1. The molecule has 5 nitrogen and oxygen atoms in total. The summed E-state index contributed by atoms with van der Waals surface area (Å²) in [5.41, 5.74) is 0.591. The Balaban J connectivity index is 1.59. The first-order chi connectivity index (χ1) is 13.6. The molecule has 0 bridgehead atoms. The van der Waals surface area contributed by atoms with Gasteiger partial charge in [0.25, 0.3) is 11.8 Å². The number of ether oxygens (including phenoxy) is 1. The molecule has 2 amide bonds.